The first-order chi connectivity index (χ1) is 16.2. The number of Topliss-reactive ketones (excluding diaryl/α,β-unsaturated/α-hetero) is 1. The lowest BCUT2D eigenvalue weighted by molar-refractivity contribution is -0.157. The zero-order chi connectivity index (χ0) is 24.1. The Balaban J connectivity index is 1.72. The van der Waals surface area contributed by atoms with Crippen LogP contribution in [0.25, 0.3) is 0 Å². The van der Waals surface area contributed by atoms with Crippen LogP contribution in [0.15, 0.2) is 78.9 Å². The van der Waals surface area contributed by atoms with Crippen molar-refractivity contribution in [3.8, 4) is 0 Å². The number of esters is 1. The zero-order valence-electron chi connectivity index (χ0n) is 20.2. The van der Waals surface area contributed by atoms with Crippen molar-refractivity contribution in [2.75, 3.05) is 0 Å². The molecule has 1 saturated heterocycles. The quantitative estimate of drug-likeness (QED) is 0.528. The Morgan fingerprint density at radius 3 is 2.18 bits per heavy atom. The molecule has 34 heavy (non-hydrogen) atoms. The Morgan fingerprint density at radius 2 is 1.56 bits per heavy atom. The summed E-state index contributed by atoms with van der Waals surface area (Å²) < 4.78 is 5.88. The van der Waals surface area contributed by atoms with Crippen molar-refractivity contribution in [1.29, 1.82) is 0 Å². The van der Waals surface area contributed by atoms with E-state index < -0.39 is 17.1 Å². The van der Waals surface area contributed by atoms with Crippen molar-refractivity contribution in [2.45, 2.75) is 57.7 Å². The fourth-order valence-corrected chi connectivity index (χ4v) is 5.85. The molecule has 0 unspecified atom stereocenters. The molecule has 4 heteroatoms. The van der Waals surface area contributed by atoms with Gasteiger partial charge in [0.15, 0.2) is 5.78 Å². The van der Waals surface area contributed by atoms with Gasteiger partial charge in [0.1, 0.15) is 11.6 Å². The van der Waals surface area contributed by atoms with Crippen LogP contribution in [-0.4, -0.2) is 23.4 Å². The number of carbonyl (C=O) groups excluding carboxylic acids is 2. The first-order valence-corrected chi connectivity index (χ1v) is 11.9. The molecule has 1 aliphatic heterocycles. The number of carbonyl (C=O) groups is 2. The molecule has 1 aliphatic carbocycles. The smallest absolute Gasteiger partial charge is 0.324 e. The van der Waals surface area contributed by atoms with Crippen LogP contribution < -0.4 is 5.32 Å². The molecule has 1 heterocycles. The third kappa shape index (κ3) is 3.67. The van der Waals surface area contributed by atoms with E-state index in [4.69, 9.17) is 4.74 Å². The van der Waals surface area contributed by atoms with Crippen molar-refractivity contribution in [2.24, 2.45) is 5.41 Å². The second-order valence-corrected chi connectivity index (χ2v) is 10.6. The molecule has 1 spiro atoms. The van der Waals surface area contributed by atoms with Gasteiger partial charge in [-0.05, 0) is 56.9 Å². The highest BCUT2D eigenvalue weighted by molar-refractivity contribution is 6.07. The molecule has 4 atom stereocenters. The van der Waals surface area contributed by atoms with Gasteiger partial charge in [0.2, 0.25) is 0 Å². The first-order valence-electron chi connectivity index (χ1n) is 11.9. The third-order valence-electron chi connectivity index (χ3n) is 7.12. The summed E-state index contributed by atoms with van der Waals surface area (Å²) in [6.45, 7) is 7.64. The zero-order valence-corrected chi connectivity index (χ0v) is 20.2. The Morgan fingerprint density at radius 1 is 0.941 bits per heavy atom. The highest BCUT2D eigenvalue weighted by Gasteiger charge is 2.64. The fourth-order valence-electron chi connectivity index (χ4n) is 5.85. The summed E-state index contributed by atoms with van der Waals surface area (Å²) >= 11 is 0. The Labute approximate surface area is 201 Å². The van der Waals surface area contributed by atoms with E-state index in [0.717, 1.165) is 27.8 Å². The highest BCUT2D eigenvalue weighted by atomic mass is 16.6. The summed E-state index contributed by atoms with van der Waals surface area (Å²) in [5.74, 6) is -0.583. The van der Waals surface area contributed by atoms with Gasteiger partial charge in [-0.15, -0.1) is 0 Å². The van der Waals surface area contributed by atoms with Gasteiger partial charge in [0, 0.05) is 17.5 Å². The minimum absolute atomic E-state index is 0.104. The summed E-state index contributed by atoms with van der Waals surface area (Å²) in [6.07, 6.45) is 0.576. The van der Waals surface area contributed by atoms with E-state index in [1.165, 1.54) is 0 Å². The van der Waals surface area contributed by atoms with Gasteiger partial charge in [-0.3, -0.25) is 14.9 Å². The molecule has 1 N–H and O–H groups in total. The maximum Gasteiger partial charge on any atom is 0.324 e. The minimum Gasteiger partial charge on any atom is -0.459 e. The fraction of sp³-hybridized carbons (Fsp3) is 0.333. The predicted molar refractivity (Wildman–Crippen MR) is 133 cm³/mol. The number of rotatable bonds is 3. The predicted octanol–water partition coefficient (Wildman–Crippen LogP) is 5.56. The normalized spacial score (nSPS) is 26.0. The number of fused-ring (bicyclic) bond motifs is 1. The number of hydrogen-bond acceptors (Lipinski definition) is 4. The topological polar surface area (TPSA) is 55.4 Å². The Kier molecular flexibility index (Phi) is 5.44. The van der Waals surface area contributed by atoms with Crippen LogP contribution in [0.4, 0.5) is 0 Å². The molecule has 0 bridgehead atoms. The van der Waals surface area contributed by atoms with Gasteiger partial charge >= 0.3 is 5.97 Å². The number of hydrogen-bond donors (Lipinski definition) is 1. The van der Waals surface area contributed by atoms with Crippen LogP contribution in [0.1, 0.15) is 65.3 Å². The van der Waals surface area contributed by atoms with Crippen LogP contribution in [0.5, 0.6) is 0 Å². The van der Waals surface area contributed by atoms with Gasteiger partial charge in [0.25, 0.3) is 0 Å². The van der Waals surface area contributed by atoms with Crippen LogP contribution in [0.2, 0.25) is 0 Å². The number of ether oxygens (including phenoxy) is 1. The molecule has 174 valence electrons. The average Bonchev–Trinajstić information content (AvgIpc) is 3.29. The van der Waals surface area contributed by atoms with Crippen molar-refractivity contribution >= 4 is 11.8 Å². The third-order valence-corrected chi connectivity index (χ3v) is 7.12. The van der Waals surface area contributed by atoms with Crippen LogP contribution in [-0.2, 0) is 16.0 Å². The monoisotopic (exact) mass is 453 g/mol. The lowest BCUT2D eigenvalue weighted by atomic mass is 9.64. The summed E-state index contributed by atoms with van der Waals surface area (Å²) in [6, 6.07) is 25.2. The Hall–Kier alpha value is -3.24. The number of nitrogens with one attached hydrogen (secondary N) is 1. The molecule has 5 rings (SSSR count). The molecule has 1 fully saturated rings. The van der Waals surface area contributed by atoms with Gasteiger partial charge < -0.3 is 4.74 Å². The maximum atomic E-state index is 14.4. The van der Waals surface area contributed by atoms with Crippen molar-refractivity contribution in [3.63, 3.8) is 0 Å². The number of ketones is 1. The molecule has 3 aromatic rings. The van der Waals surface area contributed by atoms with Crippen LogP contribution in [0.3, 0.4) is 0 Å². The molecule has 2 aliphatic rings. The maximum absolute atomic E-state index is 14.4. The van der Waals surface area contributed by atoms with Crippen LogP contribution in [0, 0.1) is 12.3 Å². The SMILES string of the molecule is Cc1ccc2c(c1)C(=O)[C@@]1(C2)[C@H](c2ccccc2)[C@@H](C(=O)OC(C)(C)C)N[C@H]1c1ccccc1. The largest absolute Gasteiger partial charge is 0.459 e. The molecule has 0 aromatic heterocycles. The number of aryl methyl sites for hydroxylation is 1. The number of benzene rings is 3. The van der Waals surface area contributed by atoms with E-state index in [2.05, 4.69) is 17.4 Å². The van der Waals surface area contributed by atoms with Crippen molar-refractivity contribution < 1.29 is 14.3 Å². The lowest BCUT2D eigenvalue weighted by Gasteiger charge is -2.35. The molecule has 4 nitrogen and oxygen atoms in total. The van der Waals surface area contributed by atoms with Gasteiger partial charge in [-0.2, -0.15) is 0 Å². The summed E-state index contributed by atoms with van der Waals surface area (Å²) in [4.78, 5) is 28.0. The first kappa shape index (κ1) is 22.5. The molecule has 3 aromatic carbocycles. The standard InChI is InChI=1S/C30H31NO3/c1-19-15-16-22-18-30(27(32)23(22)17-19)24(20-11-7-5-8-12-20)25(28(33)34-29(2,3)4)31-26(30)21-13-9-6-10-14-21/h5-17,24-26,31H,18H2,1-4H3/t24-,25+,26+,30+/m1/s1. The van der Waals surface area contributed by atoms with E-state index in [1.807, 2.05) is 94.4 Å². The molecular weight excluding hydrogens is 422 g/mol. The van der Waals surface area contributed by atoms with E-state index in [0.29, 0.717) is 6.42 Å². The molecule has 0 saturated carbocycles. The average molecular weight is 454 g/mol. The lowest BCUT2D eigenvalue weighted by Crippen LogP contribution is -2.42. The van der Waals surface area contributed by atoms with E-state index in [-0.39, 0.29) is 23.7 Å². The van der Waals surface area contributed by atoms with Gasteiger partial charge in [-0.25, -0.2) is 0 Å². The van der Waals surface area contributed by atoms with E-state index >= 15 is 0 Å². The molecule has 0 radical (unpaired) electrons. The summed E-state index contributed by atoms with van der Waals surface area (Å²) in [5.41, 5.74) is 3.40. The summed E-state index contributed by atoms with van der Waals surface area (Å²) in [5, 5.41) is 3.60. The van der Waals surface area contributed by atoms with Crippen LogP contribution >= 0.6 is 0 Å². The Bertz CT molecular complexity index is 1230. The highest BCUT2D eigenvalue weighted by Crippen LogP contribution is 2.59. The van der Waals surface area contributed by atoms with Crippen molar-refractivity contribution in [3.05, 3.63) is 107 Å². The van der Waals surface area contributed by atoms with Gasteiger partial charge in [-0.1, -0.05) is 78.4 Å². The summed E-state index contributed by atoms with van der Waals surface area (Å²) in [7, 11) is 0. The molecule has 0 amide bonds. The van der Waals surface area contributed by atoms with E-state index in [1.54, 1.807) is 0 Å². The molecular formula is C30H31NO3. The van der Waals surface area contributed by atoms with Crippen molar-refractivity contribution in [1.82, 2.24) is 5.32 Å². The van der Waals surface area contributed by atoms with E-state index in [9.17, 15) is 9.59 Å². The second kappa shape index (κ2) is 8.21. The van der Waals surface area contributed by atoms with Gasteiger partial charge in [0.05, 0.1) is 5.41 Å². The second-order valence-electron chi connectivity index (χ2n) is 10.6. The minimum atomic E-state index is -0.833.